The fraction of sp³-hybridized carbons (Fsp3) is 0.435. The summed E-state index contributed by atoms with van der Waals surface area (Å²) >= 11 is 0. The maximum absolute atomic E-state index is 12.8. The zero-order valence-electron chi connectivity index (χ0n) is 31.4. The SMILES string of the molecule is C[C@@]1(C(=O)O)[C@@H](O)CC[C@]2(C)c3cc4c5ccccc5n(-n5c6ccccc6c6cc7c(cc65)CC[C@H]5[C@](C)(C(=O)O)[C@@H](O)CC[C@]75C)c4cc3CC[C@@H]12. The monoisotopic (exact) mass is 724 g/mol. The Balaban J connectivity index is 1.22. The lowest BCUT2D eigenvalue weighted by Gasteiger charge is -2.55. The summed E-state index contributed by atoms with van der Waals surface area (Å²) < 4.78 is 4.74. The number of carbonyl (C=O) groups is 2. The van der Waals surface area contributed by atoms with Gasteiger partial charge in [0.2, 0.25) is 0 Å². The van der Waals surface area contributed by atoms with Crippen LogP contribution in [0, 0.1) is 22.7 Å². The maximum Gasteiger partial charge on any atom is 0.312 e. The molecule has 0 unspecified atom stereocenters. The van der Waals surface area contributed by atoms with Crippen LogP contribution in [0.3, 0.4) is 0 Å². The molecule has 4 aliphatic rings. The van der Waals surface area contributed by atoms with Crippen molar-refractivity contribution in [2.45, 2.75) is 102 Å². The number of rotatable bonds is 3. The van der Waals surface area contributed by atoms with Gasteiger partial charge >= 0.3 is 11.9 Å². The van der Waals surface area contributed by atoms with Gasteiger partial charge in [-0.25, -0.2) is 9.35 Å². The second-order valence-corrected chi connectivity index (χ2v) is 18.0. The average molecular weight is 725 g/mol. The molecule has 278 valence electrons. The van der Waals surface area contributed by atoms with Crippen LogP contribution in [0.25, 0.3) is 43.6 Å². The molecule has 0 amide bonds. The van der Waals surface area contributed by atoms with Crippen LogP contribution >= 0.6 is 0 Å². The fourth-order valence-corrected chi connectivity index (χ4v) is 12.7. The van der Waals surface area contributed by atoms with Crippen LogP contribution < -0.4 is 0 Å². The third-order valence-electron chi connectivity index (χ3n) is 15.7. The lowest BCUT2D eigenvalue weighted by atomic mass is 9.49. The summed E-state index contributed by atoms with van der Waals surface area (Å²) in [5.41, 5.74) is 6.06. The smallest absolute Gasteiger partial charge is 0.312 e. The lowest BCUT2D eigenvalue weighted by molar-refractivity contribution is -0.172. The number of benzene rings is 4. The van der Waals surface area contributed by atoms with Crippen molar-refractivity contribution in [3.05, 3.63) is 95.1 Å². The molecule has 0 spiro atoms. The number of nitrogens with zero attached hydrogens (tertiary/aromatic N) is 2. The van der Waals surface area contributed by atoms with Gasteiger partial charge in [0.1, 0.15) is 0 Å². The molecule has 8 atom stereocenters. The molecule has 0 bridgehead atoms. The molecule has 54 heavy (non-hydrogen) atoms. The third-order valence-corrected chi connectivity index (χ3v) is 15.7. The summed E-state index contributed by atoms with van der Waals surface area (Å²) in [5.74, 6) is -2.20. The molecule has 10 rings (SSSR count). The Labute approximate surface area is 314 Å². The van der Waals surface area contributed by atoms with E-state index in [1.54, 1.807) is 13.8 Å². The first-order chi connectivity index (χ1) is 25.7. The van der Waals surface area contributed by atoms with Gasteiger partial charge in [-0.1, -0.05) is 50.2 Å². The Kier molecular flexibility index (Phi) is 6.89. The number of hydrogen-bond acceptors (Lipinski definition) is 4. The molecule has 2 aromatic heterocycles. The number of aliphatic carboxylic acids is 2. The van der Waals surface area contributed by atoms with Gasteiger partial charge in [0.05, 0.1) is 45.1 Å². The van der Waals surface area contributed by atoms with Crippen molar-refractivity contribution in [2.75, 3.05) is 0 Å². The van der Waals surface area contributed by atoms with Crippen molar-refractivity contribution in [2.24, 2.45) is 22.7 Å². The Morgan fingerprint density at radius 2 is 0.944 bits per heavy atom. The van der Waals surface area contributed by atoms with Crippen molar-refractivity contribution >= 4 is 55.6 Å². The summed E-state index contributed by atoms with van der Waals surface area (Å²) in [6.45, 7) is 7.95. The van der Waals surface area contributed by atoms with E-state index in [2.05, 4.69) is 96.0 Å². The minimum Gasteiger partial charge on any atom is -0.481 e. The Hall–Kier alpha value is -4.66. The minimum absolute atomic E-state index is 0.185. The van der Waals surface area contributed by atoms with E-state index in [-0.39, 0.29) is 22.7 Å². The van der Waals surface area contributed by atoms with Gasteiger partial charge in [-0.05, 0) is 147 Å². The number of carboxylic acid groups (broad SMARTS) is 2. The highest BCUT2D eigenvalue weighted by atomic mass is 16.4. The van der Waals surface area contributed by atoms with Crippen LogP contribution in [-0.4, -0.2) is 53.9 Å². The molecule has 2 heterocycles. The van der Waals surface area contributed by atoms with Crippen molar-refractivity contribution in [1.82, 2.24) is 9.35 Å². The molecular formula is C46H48N2O6. The van der Waals surface area contributed by atoms with Crippen LogP contribution in [0.15, 0.2) is 72.8 Å². The first kappa shape index (κ1) is 33.9. The zero-order chi connectivity index (χ0) is 37.7. The summed E-state index contributed by atoms with van der Waals surface area (Å²) in [6, 6.07) is 26.4. The van der Waals surface area contributed by atoms with E-state index in [1.165, 1.54) is 22.3 Å². The number of fused-ring (bicyclic) bond motifs is 12. The van der Waals surface area contributed by atoms with Crippen LogP contribution in [0.1, 0.15) is 88.5 Å². The van der Waals surface area contributed by atoms with Crippen molar-refractivity contribution < 1.29 is 30.0 Å². The van der Waals surface area contributed by atoms with Crippen molar-refractivity contribution in [3.63, 3.8) is 0 Å². The van der Waals surface area contributed by atoms with E-state index in [4.69, 9.17) is 0 Å². The summed E-state index contributed by atoms with van der Waals surface area (Å²) in [6.07, 6.45) is 3.53. The molecule has 0 saturated heterocycles. The molecular weight excluding hydrogens is 677 g/mol. The van der Waals surface area contributed by atoms with E-state index in [9.17, 15) is 30.0 Å². The summed E-state index contributed by atoms with van der Waals surface area (Å²) in [5, 5.41) is 47.6. The molecule has 8 nitrogen and oxygen atoms in total. The number of hydrogen-bond donors (Lipinski definition) is 4. The van der Waals surface area contributed by atoms with Gasteiger partial charge in [-0.2, -0.15) is 0 Å². The highest BCUT2D eigenvalue weighted by Gasteiger charge is 2.61. The molecule has 6 aromatic rings. The van der Waals surface area contributed by atoms with Gasteiger partial charge in [0.15, 0.2) is 0 Å². The molecule has 0 radical (unpaired) electrons. The Morgan fingerprint density at radius 1 is 0.556 bits per heavy atom. The van der Waals surface area contributed by atoms with E-state index in [0.29, 0.717) is 25.7 Å². The van der Waals surface area contributed by atoms with E-state index < -0.39 is 35.0 Å². The van der Waals surface area contributed by atoms with E-state index >= 15 is 0 Å². The number of aliphatic hydroxyl groups is 2. The standard InChI is InChI=1S/C46H48N2O6/c1-43-19-17-39(49)45(3,41(51)52)37(43)15-13-25-21-35-29(23-31(25)43)27-9-5-7-11-33(27)47(35)48-34-12-8-6-10-28(34)30-24-32-26(22-36(30)48)14-16-38-44(32,2)20-18-40(50)46(38,4)42(53)54/h5-12,21-24,37-40,49-50H,13-20H2,1-4H3,(H,51,52)(H,53,54)/t37-,38-,39+,40+,43-,44-,45+,46+/m1/s1. The van der Waals surface area contributed by atoms with Crippen molar-refractivity contribution in [1.29, 1.82) is 0 Å². The predicted molar refractivity (Wildman–Crippen MR) is 210 cm³/mol. The van der Waals surface area contributed by atoms with E-state index in [1.807, 2.05) is 0 Å². The number of aryl methyl sites for hydroxylation is 2. The van der Waals surface area contributed by atoms with Crippen molar-refractivity contribution in [3.8, 4) is 0 Å². The molecule has 8 heteroatoms. The summed E-state index contributed by atoms with van der Waals surface area (Å²) in [4.78, 5) is 25.6. The Morgan fingerprint density at radius 3 is 1.33 bits per heavy atom. The van der Waals surface area contributed by atoms with Gasteiger partial charge in [0.25, 0.3) is 0 Å². The first-order valence-corrected chi connectivity index (χ1v) is 19.7. The Bertz CT molecular complexity index is 2440. The van der Waals surface area contributed by atoms with Gasteiger partial charge in [-0.3, -0.25) is 9.59 Å². The van der Waals surface area contributed by atoms with Crippen LogP contribution in [0.4, 0.5) is 0 Å². The highest BCUT2D eigenvalue weighted by molar-refractivity contribution is 6.12. The lowest BCUT2D eigenvalue weighted by Crippen LogP contribution is -2.58. The van der Waals surface area contributed by atoms with Crippen LogP contribution in [-0.2, 0) is 33.3 Å². The quantitative estimate of drug-likeness (QED) is 0.146. The normalized spacial score (nSPS) is 33.4. The minimum atomic E-state index is -1.21. The molecule has 4 aliphatic carbocycles. The van der Waals surface area contributed by atoms with Gasteiger partial charge in [0, 0.05) is 21.5 Å². The molecule has 4 N–H and O–H groups in total. The topological polar surface area (TPSA) is 125 Å². The zero-order valence-corrected chi connectivity index (χ0v) is 31.4. The number of aromatic nitrogens is 2. The molecule has 4 aromatic carbocycles. The van der Waals surface area contributed by atoms with Gasteiger partial charge < -0.3 is 20.4 Å². The average Bonchev–Trinajstić information content (AvgIpc) is 3.64. The second kappa shape index (κ2) is 11.0. The molecule has 2 fully saturated rings. The maximum atomic E-state index is 12.8. The largest absolute Gasteiger partial charge is 0.481 e. The van der Waals surface area contributed by atoms with E-state index in [0.717, 1.165) is 69.3 Å². The highest BCUT2D eigenvalue weighted by Crippen LogP contribution is 2.60. The van der Waals surface area contributed by atoms with Gasteiger partial charge in [-0.15, -0.1) is 0 Å². The molecule has 2 saturated carbocycles. The van der Waals surface area contributed by atoms with Crippen LogP contribution in [0.5, 0.6) is 0 Å². The molecule has 0 aliphatic heterocycles. The predicted octanol–water partition coefficient (Wildman–Crippen LogP) is 8.35. The number of carboxylic acids is 2. The number of para-hydroxylation sites is 2. The van der Waals surface area contributed by atoms with Crippen LogP contribution in [0.2, 0.25) is 0 Å². The fourth-order valence-electron chi connectivity index (χ4n) is 12.7. The first-order valence-electron chi connectivity index (χ1n) is 19.7. The summed E-state index contributed by atoms with van der Waals surface area (Å²) in [7, 11) is 0. The third kappa shape index (κ3) is 4.00. The number of aliphatic hydroxyl groups excluding tert-OH is 2. The second-order valence-electron chi connectivity index (χ2n) is 18.0.